The largest absolute Gasteiger partial charge is 0.370 e. The van der Waals surface area contributed by atoms with Gasteiger partial charge in [0.2, 0.25) is 0 Å². The number of nitrogens with zero attached hydrogens (tertiary/aromatic N) is 3. The number of hydrogen-bond acceptors (Lipinski definition) is 8. The van der Waals surface area contributed by atoms with Gasteiger partial charge in [0.05, 0.1) is 48.7 Å². The Labute approximate surface area is 190 Å². The maximum Gasteiger partial charge on any atom is 0.189 e. The topological polar surface area (TPSA) is 73.6 Å². The summed E-state index contributed by atoms with van der Waals surface area (Å²) >= 11 is 3.29. The molecule has 31 heavy (non-hydrogen) atoms. The quantitative estimate of drug-likeness (QED) is 0.448. The zero-order valence-electron chi connectivity index (χ0n) is 18.6. The molecule has 0 bridgehead atoms. The minimum absolute atomic E-state index is 0.181. The zero-order valence-corrected chi connectivity index (χ0v) is 20.3. The van der Waals surface area contributed by atoms with Crippen molar-refractivity contribution >= 4 is 49.3 Å². The Morgan fingerprint density at radius 1 is 1.16 bits per heavy atom. The first-order valence-electron chi connectivity index (χ1n) is 10.9. The fraction of sp³-hybridized carbons (Fsp3) is 0.591. The molecule has 0 unspecified atom stereocenters. The van der Waals surface area contributed by atoms with Crippen molar-refractivity contribution in [3.63, 3.8) is 0 Å². The molecule has 1 fully saturated rings. The Balaban J connectivity index is 1.56. The lowest BCUT2D eigenvalue weighted by Crippen LogP contribution is -3.14. The predicted octanol–water partition coefficient (Wildman–Crippen LogP) is 2.45. The van der Waals surface area contributed by atoms with Crippen LogP contribution >= 0.6 is 23.1 Å². The van der Waals surface area contributed by atoms with Crippen LogP contribution in [0.1, 0.15) is 30.7 Å². The summed E-state index contributed by atoms with van der Waals surface area (Å²) in [4.78, 5) is 17.3. The lowest BCUT2D eigenvalue weighted by atomic mass is 9.89. The van der Waals surface area contributed by atoms with Crippen LogP contribution < -0.4 is 10.2 Å². The molecule has 3 aromatic heterocycles. The number of thioether (sulfide) groups is 1. The third-order valence-corrected chi connectivity index (χ3v) is 7.86. The average Bonchev–Trinajstić information content (AvgIpc) is 3.12. The highest BCUT2D eigenvalue weighted by Crippen LogP contribution is 2.42. The molecular weight excluding hydrogens is 430 g/mol. The molecule has 0 aliphatic carbocycles. The first-order chi connectivity index (χ1) is 14.9. The van der Waals surface area contributed by atoms with E-state index in [4.69, 9.17) is 24.4 Å². The summed E-state index contributed by atoms with van der Waals surface area (Å²) in [5.41, 5.74) is 4.48. The minimum Gasteiger partial charge on any atom is -0.370 e. The number of anilines is 1. The van der Waals surface area contributed by atoms with E-state index in [0.29, 0.717) is 6.61 Å². The number of hydrogen-bond donors (Lipinski definition) is 2. The van der Waals surface area contributed by atoms with Gasteiger partial charge in [-0.3, -0.25) is 0 Å². The van der Waals surface area contributed by atoms with Crippen LogP contribution in [0.3, 0.4) is 0 Å². The van der Waals surface area contributed by atoms with Crippen molar-refractivity contribution in [3.8, 4) is 0 Å². The van der Waals surface area contributed by atoms with E-state index in [1.54, 1.807) is 28.0 Å². The van der Waals surface area contributed by atoms with E-state index in [0.717, 1.165) is 77.5 Å². The van der Waals surface area contributed by atoms with Crippen LogP contribution in [-0.4, -0.2) is 66.2 Å². The molecule has 0 atom stereocenters. The Kier molecular flexibility index (Phi) is 5.81. The predicted molar refractivity (Wildman–Crippen MR) is 127 cm³/mol. The second kappa shape index (κ2) is 8.44. The normalized spacial score (nSPS) is 19.1. The monoisotopic (exact) mass is 460 g/mol. The van der Waals surface area contributed by atoms with Crippen LogP contribution in [0.2, 0.25) is 0 Å². The molecule has 1 saturated heterocycles. The van der Waals surface area contributed by atoms with E-state index in [2.05, 4.69) is 26.1 Å². The summed E-state index contributed by atoms with van der Waals surface area (Å²) in [5, 5.41) is 5.60. The number of fused-ring (bicyclic) bond motifs is 5. The maximum atomic E-state index is 6.09. The number of rotatable bonds is 5. The second-order valence-electron chi connectivity index (χ2n) is 8.94. The highest BCUT2D eigenvalue weighted by molar-refractivity contribution is 7.98. The van der Waals surface area contributed by atoms with Crippen LogP contribution in [0.15, 0.2) is 5.16 Å². The number of ether oxygens (including phenoxy) is 2. The third kappa shape index (κ3) is 4.14. The molecule has 5 heterocycles. The lowest BCUT2D eigenvalue weighted by Gasteiger charge is -2.32. The van der Waals surface area contributed by atoms with Gasteiger partial charge in [0.25, 0.3) is 0 Å². The summed E-state index contributed by atoms with van der Waals surface area (Å²) in [7, 11) is 0. The fourth-order valence-electron chi connectivity index (χ4n) is 4.49. The first kappa shape index (κ1) is 21.3. The minimum atomic E-state index is -0.181. The molecule has 3 aromatic rings. The number of aryl methyl sites for hydroxylation is 1. The summed E-state index contributed by atoms with van der Waals surface area (Å²) in [5.74, 6) is 0.933. The molecule has 0 radical (unpaired) electrons. The van der Waals surface area contributed by atoms with Gasteiger partial charge in [-0.2, -0.15) is 0 Å². The summed E-state index contributed by atoms with van der Waals surface area (Å²) in [6.07, 6.45) is 2.90. The molecule has 0 saturated carbocycles. The van der Waals surface area contributed by atoms with Gasteiger partial charge in [-0.25, -0.2) is 15.0 Å². The first-order valence-corrected chi connectivity index (χ1v) is 12.9. The Morgan fingerprint density at radius 2 is 1.97 bits per heavy atom. The fourth-order valence-corrected chi connectivity index (χ4v) is 6.02. The van der Waals surface area contributed by atoms with Crippen LogP contribution in [0.25, 0.3) is 20.4 Å². The second-order valence-corrected chi connectivity index (χ2v) is 10.7. The van der Waals surface area contributed by atoms with Crippen LogP contribution in [0.5, 0.6) is 0 Å². The highest BCUT2D eigenvalue weighted by atomic mass is 32.2. The van der Waals surface area contributed by atoms with Gasteiger partial charge >= 0.3 is 0 Å². The molecule has 7 nitrogen and oxygen atoms in total. The summed E-state index contributed by atoms with van der Waals surface area (Å²) in [6, 6.07) is 0. The number of nitrogens with one attached hydrogen (secondary N) is 2. The van der Waals surface area contributed by atoms with E-state index < -0.39 is 0 Å². The smallest absolute Gasteiger partial charge is 0.189 e. The van der Waals surface area contributed by atoms with Crippen LogP contribution in [0.4, 0.5) is 5.82 Å². The van der Waals surface area contributed by atoms with Crippen molar-refractivity contribution in [2.75, 3.05) is 51.0 Å². The average molecular weight is 461 g/mol. The van der Waals surface area contributed by atoms with Gasteiger partial charge in [0.1, 0.15) is 23.7 Å². The van der Waals surface area contributed by atoms with Gasteiger partial charge in [0, 0.05) is 23.1 Å². The Bertz CT molecular complexity index is 1120. The van der Waals surface area contributed by atoms with Crippen molar-refractivity contribution in [3.05, 3.63) is 16.8 Å². The van der Waals surface area contributed by atoms with E-state index in [9.17, 15) is 0 Å². The van der Waals surface area contributed by atoms with Crippen molar-refractivity contribution in [1.29, 1.82) is 0 Å². The van der Waals surface area contributed by atoms with E-state index in [-0.39, 0.29) is 5.60 Å². The molecule has 0 aromatic carbocycles. The van der Waals surface area contributed by atoms with Crippen LogP contribution in [-0.2, 0) is 22.5 Å². The Hall–Kier alpha value is -1.52. The highest BCUT2D eigenvalue weighted by Gasteiger charge is 2.31. The van der Waals surface area contributed by atoms with Crippen LogP contribution in [0, 0.1) is 6.92 Å². The van der Waals surface area contributed by atoms with Gasteiger partial charge in [-0.1, -0.05) is 11.8 Å². The van der Waals surface area contributed by atoms with Gasteiger partial charge in [-0.05, 0) is 32.6 Å². The van der Waals surface area contributed by atoms with Gasteiger partial charge in [0.15, 0.2) is 5.16 Å². The summed E-state index contributed by atoms with van der Waals surface area (Å²) in [6.45, 7) is 12.8. The third-order valence-electron chi connectivity index (χ3n) is 6.23. The standard InChI is InChI=1S/C22H29N5O2S2/c1-13-15-12-29-22(2,3)11-14(15)16-17-18(31-20(16)24-13)19(26-21(25-17)30-4)23-5-6-27-7-9-28-10-8-27/h5-12H2,1-4H3,(H,23,25,26)/p+1. The maximum absolute atomic E-state index is 6.09. The lowest BCUT2D eigenvalue weighted by molar-refractivity contribution is -0.906. The van der Waals surface area contributed by atoms with Gasteiger partial charge in [-0.15, -0.1) is 11.3 Å². The van der Waals surface area contributed by atoms with E-state index >= 15 is 0 Å². The molecule has 166 valence electrons. The van der Waals surface area contributed by atoms with Crippen molar-refractivity contribution in [2.45, 2.75) is 44.6 Å². The van der Waals surface area contributed by atoms with E-state index in [1.165, 1.54) is 16.5 Å². The molecule has 9 heteroatoms. The molecule has 0 amide bonds. The van der Waals surface area contributed by atoms with Gasteiger partial charge < -0.3 is 19.7 Å². The Morgan fingerprint density at radius 3 is 2.74 bits per heavy atom. The van der Waals surface area contributed by atoms with E-state index in [1.807, 2.05) is 6.26 Å². The molecular formula is C22H30N5O2S2+. The number of pyridine rings is 1. The number of aromatic nitrogens is 3. The zero-order chi connectivity index (χ0) is 21.6. The summed E-state index contributed by atoms with van der Waals surface area (Å²) < 4.78 is 12.7. The number of morpholine rings is 1. The SMILES string of the molecule is CSc1nc(NCC[NH+]2CCOCC2)c2sc3nc(C)c4c(c3c2n1)CC(C)(C)OC4. The molecule has 2 aliphatic rings. The number of thiophene rings is 1. The molecule has 0 spiro atoms. The molecule has 2 N–H and O–H groups in total. The van der Waals surface area contributed by atoms with Crippen molar-refractivity contribution in [2.24, 2.45) is 0 Å². The van der Waals surface area contributed by atoms with Crippen molar-refractivity contribution < 1.29 is 14.4 Å². The molecule has 5 rings (SSSR count). The number of quaternary nitrogens is 1. The molecule has 2 aliphatic heterocycles. The van der Waals surface area contributed by atoms with Crippen molar-refractivity contribution in [1.82, 2.24) is 15.0 Å².